The Bertz CT molecular complexity index is 532. The van der Waals surface area contributed by atoms with Gasteiger partial charge in [0, 0.05) is 11.8 Å². The van der Waals surface area contributed by atoms with Crippen LogP contribution >= 0.6 is 0 Å². The third-order valence-electron chi connectivity index (χ3n) is 4.07. The molecule has 2 unspecified atom stereocenters. The van der Waals surface area contributed by atoms with Gasteiger partial charge >= 0.3 is 0 Å². The van der Waals surface area contributed by atoms with E-state index in [2.05, 4.69) is 48.5 Å². The third kappa shape index (κ3) is 1.76. The number of benzene rings is 2. The number of hydrogen-bond acceptors (Lipinski definition) is 1. The van der Waals surface area contributed by atoms with Gasteiger partial charge in [-0.2, -0.15) is 0 Å². The molecule has 90 valence electrons. The van der Waals surface area contributed by atoms with Gasteiger partial charge in [0.05, 0.1) is 0 Å². The molecule has 0 aliphatic heterocycles. The van der Waals surface area contributed by atoms with Crippen LogP contribution in [0.4, 0.5) is 0 Å². The standard InChI is InChI=1S/C17H16O/c18-12-11-17(15-9-5-2-6-10-15)13-16(17)14-7-3-1-4-8-14/h1-10,12,16H,11,13H2. The van der Waals surface area contributed by atoms with E-state index in [0.717, 1.165) is 12.7 Å². The molecule has 1 fully saturated rings. The second-order valence-electron chi connectivity index (χ2n) is 5.06. The van der Waals surface area contributed by atoms with Gasteiger partial charge in [-0.3, -0.25) is 0 Å². The van der Waals surface area contributed by atoms with Crippen LogP contribution in [-0.4, -0.2) is 6.29 Å². The molecule has 1 heteroatoms. The summed E-state index contributed by atoms with van der Waals surface area (Å²) in [6.45, 7) is 0. The molecule has 0 bridgehead atoms. The van der Waals surface area contributed by atoms with E-state index in [1.54, 1.807) is 0 Å². The maximum atomic E-state index is 11.0. The van der Waals surface area contributed by atoms with E-state index in [-0.39, 0.29) is 5.41 Å². The van der Waals surface area contributed by atoms with E-state index in [1.165, 1.54) is 11.1 Å². The van der Waals surface area contributed by atoms with Crippen molar-refractivity contribution in [2.75, 3.05) is 0 Å². The van der Waals surface area contributed by atoms with Gasteiger partial charge in [-0.25, -0.2) is 0 Å². The van der Waals surface area contributed by atoms with Crippen LogP contribution in [0.1, 0.15) is 29.9 Å². The minimum atomic E-state index is 0.0460. The highest BCUT2D eigenvalue weighted by Gasteiger charge is 2.55. The Kier molecular flexibility index (Phi) is 2.75. The molecule has 0 saturated heterocycles. The highest BCUT2D eigenvalue weighted by atomic mass is 16.1. The molecule has 0 aromatic heterocycles. The van der Waals surface area contributed by atoms with Gasteiger partial charge in [0.2, 0.25) is 0 Å². The second-order valence-corrected chi connectivity index (χ2v) is 5.06. The fourth-order valence-corrected chi connectivity index (χ4v) is 3.01. The molecule has 2 atom stereocenters. The second kappa shape index (κ2) is 4.41. The van der Waals surface area contributed by atoms with Crippen molar-refractivity contribution in [1.29, 1.82) is 0 Å². The van der Waals surface area contributed by atoms with Gasteiger partial charge in [0.1, 0.15) is 6.29 Å². The average molecular weight is 236 g/mol. The summed E-state index contributed by atoms with van der Waals surface area (Å²) in [6, 6.07) is 21.0. The molecular formula is C17H16O. The van der Waals surface area contributed by atoms with Crippen LogP contribution < -0.4 is 0 Å². The maximum Gasteiger partial charge on any atom is 0.120 e. The van der Waals surface area contributed by atoms with Crippen molar-refractivity contribution in [3.63, 3.8) is 0 Å². The molecule has 0 N–H and O–H groups in total. The number of aldehydes is 1. The van der Waals surface area contributed by atoms with Crippen LogP contribution in [0.5, 0.6) is 0 Å². The minimum absolute atomic E-state index is 0.0460. The van der Waals surface area contributed by atoms with Crippen LogP contribution in [0.15, 0.2) is 60.7 Å². The van der Waals surface area contributed by atoms with E-state index in [4.69, 9.17) is 0 Å². The fraction of sp³-hybridized carbons (Fsp3) is 0.235. The third-order valence-corrected chi connectivity index (χ3v) is 4.07. The summed E-state index contributed by atoms with van der Waals surface area (Å²) in [6.07, 6.45) is 2.77. The van der Waals surface area contributed by atoms with Crippen LogP contribution in [0.25, 0.3) is 0 Å². The Morgan fingerprint density at radius 3 is 2.22 bits per heavy atom. The lowest BCUT2D eigenvalue weighted by Gasteiger charge is -2.15. The molecule has 18 heavy (non-hydrogen) atoms. The summed E-state index contributed by atoms with van der Waals surface area (Å²) in [7, 11) is 0. The largest absolute Gasteiger partial charge is 0.303 e. The molecule has 0 amide bonds. The molecule has 0 spiro atoms. The highest BCUT2D eigenvalue weighted by Crippen LogP contribution is 2.62. The van der Waals surface area contributed by atoms with E-state index >= 15 is 0 Å². The van der Waals surface area contributed by atoms with Gasteiger partial charge in [-0.05, 0) is 23.5 Å². The molecule has 1 aliphatic rings. The van der Waals surface area contributed by atoms with Gasteiger partial charge in [0.15, 0.2) is 0 Å². The summed E-state index contributed by atoms with van der Waals surface area (Å²) in [5.41, 5.74) is 2.69. The average Bonchev–Trinajstić information content (AvgIpc) is 3.17. The summed E-state index contributed by atoms with van der Waals surface area (Å²) in [5.74, 6) is 0.492. The molecule has 1 saturated carbocycles. The van der Waals surface area contributed by atoms with Crippen LogP contribution in [0, 0.1) is 0 Å². The zero-order valence-electron chi connectivity index (χ0n) is 10.3. The minimum Gasteiger partial charge on any atom is -0.303 e. The first-order valence-electron chi connectivity index (χ1n) is 6.41. The van der Waals surface area contributed by atoms with Gasteiger partial charge in [-0.1, -0.05) is 60.7 Å². The van der Waals surface area contributed by atoms with Gasteiger partial charge < -0.3 is 4.79 Å². The van der Waals surface area contributed by atoms with Crippen molar-refractivity contribution >= 4 is 6.29 Å². The summed E-state index contributed by atoms with van der Waals surface area (Å²) >= 11 is 0. The van der Waals surface area contributed by atoms with Gasteiger partial charge in [0.25, 0.3) is 0 Å². The van der Waals surface area contributed by atoms with Crippen molar-refractivity contribution in [3.8, 4) is 0 Å². The molecule has 1 nitrogen and oxygen atoms in total. The van der Waals surface area contributed by atoms with Crippen molar-refractivity contribution in [1.82, 2.24) is 0 Å². The van der Waals surface area contributed by atoms with Crippen molar-refractivity contribution in [2.24, 2.45) is 0 Å². The Morgan fingerprint density at radius 2 is 1.61 bits per heavy atom. The molecule has 0 radical (unpaired) electrons. The molecule has 0 heterocycles. The zero-order chi connectivity index (χ0) is 12.4. The van der Waals surface area contributed by atoms with Crippen LogP contribution in [0.3, 0.4) is 0 Å². The SMILES string of the molecule is O=CCC1(c2ccccc2)CC1c1ccccc1. The zero-order valence-corrected chi connectivity index (χ0v) is 10.3. The van der Waals surface area contributed by atoms with E-state index in [9.17, 15) is 4.79 Å². The first-order chi connectivity index (χ1) is 8.87. The lowest BCUT2D eigenvalue weighted by Crippen LogP contribution is -2.10. The van der Waals surface area contributed by atoms with Crippen molar-refractivity contribution in [2.45, 2.75) is 24.2 Å². The number of rotatable bonds is 4. The Hall–Kier alpha value is -1.89. The maximum absolute atomic E-state index is 11.0. The smallest absolute Gasteiger partial charge is 0.120 e. The monoisotopic (exact) mass is 236 g/mol. The molecule has 2 aromatic carbocycles. The van der Waals surface area contributed by atoms with Crippen LogP contribution in [-0.2, 0) is 10.2 Å². The summed E-state index contributed by atoms with van der Waals surface area (Å²) < 4.78 is 0. The first-order valence-corrected chi connectivity index (χ1v) is 6.41. The van der Waals surface area contributed by atoms with E-state index in [0.29, 0.717) is 12.3 Å². The van der Waals surface area contributed by atoms with Crippen molar-refractivity contribution in [3.05, 3.63) is 71.8 Å². The fourth-order valence-electron chi connectivity index (χ4n) is 3.01. The van der Waals surface area contributed by atoms with E-state index < -0.39 is 0 Å². The molecule has 3 rings (SSSR count). The quantitative estimate of drug-likeness (QED) is 0.740. The van der Waals surface area contributed by atoms with E-state index in [1.807, 2.05) is 12.1 Å². The normalized spacial score (nSPS) is 25.7. The first kappa shape index (κ1) is 11.2. The number of carbonyl (C=O) groups is 1. The summed E-state index contributed by atoms with van der Waals surface area (Å²) in [5, 5.41) is 0. The molecular weight excluding hydrogens is 220 g/mol. The number of hydrogen-bond donors (Lipinski definition) is 0. The lowest BCUT2D eigenvalue weighted by atomic mass is 9.88. The molecule has 2 aromatic rings. The van der Waals surface area contributed by atoms with Crippen molar-refractivity contribution < 1.29 is 4.79 Å². The van der Waals surface area contributed by atoms with Crippen LogP contribution in [0.2, 0.25) is 0 Å². The topological polar surface area (TPSA) is 17.1 Å². The highest BCUT2D eigenvalue weighted by molar-refractivity contribution is 5.58. The number of carbonyl (C=O) groups excluding carboxylic acids is 1. The molecule has 1 aliphatic carbocycles. The Balaban J connectivity index is 1.95. The lowest BCUT2D eigenvalue weighted by molar-refractivity contribution is -0.108. The van der Waals surface area contributed by atoms with Gasteiger partial charge in [-0.15, -0.1) is 0 Å². The predicted molar refractivity (Wildman–Crippen MR) is 72.6 cm³/mol. The Labute approximate surface area is 107 Å². The summed E-state index contributed by atoms with van der Waals surface area (Å²) in [4.78, 5) is 11.0. The predicted octanol–water partition coefficient (Wildman–Crippen LogP) is 3.70. The Morgan fingerprint density at radius 1 is 1.00 bits per heavy atom.